The summed E-state index contributed by atoms with van der Waals surface area (Å²) in [5, 5.41) is 30.5. The van der Waals surface area contributed by atoms with Crippen LogP contribution < -0.4 is 0 Å². The summed E-state index contributed by atoms with van der Waals surface area (Å²) in [6, 6.07) is 15.0. The van der Waals surface area contributed by atoms with Crippen molar-refractivity contribution in [3.63, 3.8) is 0 Å². The second-order valence-corrected chi connectivity index (χ2v) is 5.64. The minimum Gasteiger partial charge on any atom is -0.492 e. The van der Waals surface area contributed by atoms with Crippen molar-refractivity contribution < 1.29 is 5.11 Å². The number of azo groups is 2. The van der Waals surface area contributed by atoms with Gasteiger partial charge in [0, 0.05) is 7.05 Å². The number of hydrogen-bond acceptors (Lipinski definition) is 6. The summed E-state index contributed by atoms with van der Waals surface area (Å²) in [5.74, 6) is -0.00942. The van der Waals surface area contributed by atoms with Gasteiger partial charge < -0.3 is 5.11 Å². The molecule has 0 spiro atoms. The molecular formula is C18H18N6O. The summed E-state index contributed by atoms with van der Waals surface area (Å²) in [6.07, 6.45) is 0. The molecule has 7 nitrogen and oxygen atoms in total. The van der Waals surface area contributed by atoms with Crippen molar-refractivity contribution >= 4 is 22.7 Å². The third-order valence-corrected chi connectivity index (χ3v) is 3.56. The maximum Gasteiger partial charge on any atom is 0.237 e. The van der Waals surface area contributed by atoms with Crippen molar-refractivity contribution in [2.75, 3.05) is 0 Å². The van der Waals surface area contributed by atoms with Crippen LogP contribution in [0.2, 0.25) is 0 Å². The Morgan fingerprint density at radius 1 is 0.840 bits per heavy atom. The second-order valence-electron chi connectivity index (χ2n) is 5.64. The lowest BCUT2D eigenvalue weighted by Crippen LogP contribution is -1.88. The van der Waals surface area contributed by atoms with Crippen molar-refractivity contribution in [1.82, 2.24) is 9.78 Å². The molecule has 0 unspecified atom stereocenters. The van der Waals surface area contributed by atoms with Crippen molar-refractivity contribution in [1.29, 1.82) is 0 Å². The first-order chi connectivity index (χ1) is 12.0. The number of aryl methyl sites for hydroxylation is 3. The molecule has 1 N–H and O–H groups in total. The fraction of sp³-hybridized carbons (Fsp3) is 0.167. The molecule has 0 saturated heterocycles. The molecule has 0 radical (unpaired) electrons. The van der Waals surface area contributed by atoms with Crippen molar-refractivity contribution in [3.8, 4) is 5.88 Å². The molecule has 0 fully saturated rings. The molecule has 0 amide bonds. The number of benzene rings is 2. The van der Waals surface area contributed by atoms with Gasteiger partial charge in [-0.05, 0) is 55.8 Å². The maximum atomic E-state index is 9.86. The van der Waals surface area contributed by atoms with Crippen molar-refractivity contribution in [3.05, 3.63) is 59.8 Å². The topological polar surface area (TPSA) is 87.5 Å². The zero-order valence-corrected chi connectivity index (χ0v) is 14.2. The molecular weight excluding hydrogens is 316 g/mol. The van der Waals surface area contributed by atoms with Crippen LogP contribution in [0.25, 0.3) is 0 Å². The monoisotopic (exact) mass is 334 g/mol. The maximum absolute atomic E-state index is 9.86. The van der Waals surface area contributed by atoms with E-state index < -0.39 is 0 Å². The van der Waals surface area contributed by atoms with Gasteiger partial charge in [0.2, 0.25) is 5.88 Å². The fourth-order valence-electron chi connectivity index (χ4n) is 2.25. The van der Waals surface area contributed by atoms with Crippen molar-refractivity contribution in [2.45, 2.75) is 13.8 Å². The first-order valence-electron chi connectivity index (χ1n) is 7.76. The molecule has 0 aliphatic heterocycles. The molecule has 0 bridgehead atoms. The molecule has 25 heavy (non-hydrogen) atoms. The summed E-state index contributed by atoms with van der Waals surface area (Å²) >= 11 is 0. The highest BCUT2D eigenvalue weighted by molar-refractivity contribution is 5.52. The summed E-state index contributed by atoms with van der Waals surface area (Å²) in [7, 11) is 1.65. The molecule has 1 heterocycles. The van der Waals surface area contributed by atoms with E-state index in [0.29, 0.717) is 17.1 Å². The quantitative estimate of drug-likeness (QED) is 0.632. The van der Waals surface area contributed by atoms with E-state index in [4.69, 9.17) is 0 Å². The van der Waals surface area contributed by atoms with E-state index >= 15 is 0 Å². The van der Waals surface area contributed by atoms with Gasteiger partial charge in [-0.2, -0.15) is 20.4 Å². The highest BCUT2D eigenvalue weighted by atomic mass is 16.3. The Morgan fingerprint density at radius 3 is 2.00 bits per heavy atom. The van der Waals surface area contributed by atoms with Gasteiger partial charge in [0.1, 0.15) is 0 Å². The summed E-state index contributed by atoms with van der Waals surface area (Å²) in [5.41, 5.74) is 4.31. The van der Waals surface area contributed by atoms with E-state index in [1.165, 1.54) is 4.68 Å². The number of hydrogen-bond donors (Lipinski definition) is 1. The van der Waals surface area contributed by atoms with Crippen LogP contribution in [0.4, 0.5) is 22.7 Å². The molecule has 126 valence electrons. The van der Waals surface area contributed by atoms with E-state index in [2.05, 4.69) is 25.6 Å². The highest BCUT2D eigenvalue weighted by Gasteiger charge is 2.11. The smallest absolute Gasteiger partial charge is 0.237 e. The Kier molecular flexibility index (Phi) is 4.65. The summed E-state index contributed by atoms with van der Waals surface area (Å²) in [4.78, 5) is 0. The van der Waals surface area contributed by atoms with Crippen LogP contribution in [0.15, 0.2) is 69.0 Å². The van der Waals surface area contributed by atoms with E-state index in [1.54, 1.807) is 26.1 Å². The van der Waals surface area contributed by atoms with Gasteiger partial charge in [-0.3, -0.25) is 0 Å². The molecule has 2 aromatic carbocycles. The summed E-state index contributed by atoms with van der Waals surface area (Å²) in [6.45, 7) is 3.78. The number of aromatic hydroxyl groups is 1. The predicted octanol–water partition coefficient (Wildman–Crippen LogP) is 5.57. The third-order valence-electron chi connectivity index (χ3n) is 3.56. The minimum absolute atomic E-state index is 0.00942. The third kappa shape index (κ3) is 3.95. The molecule has 0 atom stereocenters. The largest absolute Gasteiger partial charge is 0.492 e. The fourth-order valence-corrected chi connectivity index (χ4v) is 2.25. The normalized spacial score (nSPS) is 11.6. The SMILES string of the molecule is Cc1cccc(/N=N/c2ccc(/N=N/c3c(C)nn(C)c3O)cc2)c1. The van der Waals surface area contributed by atoms with E-state index in [-0.39, 0.29) is 5.88 Å². The van der Waals surface area contributed by atoms with Gasteiger partial charge >= 0.3 is 0 Å². The van der Waals surface area contributed by atoms with Crippen molar-refractivity contribution in [2.24, 2.45) is 27.5 Å². The molecule has 0 aliphatic rings. The van der Waals surface area contributed by atoms with Crippen LogP contribution in [-0.4, -0.2) is 14.9 Å². The van der Waals surface area contributed by atoms with E-state index in [9.17, 15) is 5.11 Å². The summed E-state index contributed by atoms with van der Waals surface area (Å²) < 4.78 is 1.36. The van der Waals surface area contributed by atoms with Gasteiger partial charge in [0.05, 0.1) is 22.8 Å². The lowest BCUT2D eigenvalue weighted by atomic mass is 10.2. The van der Waals surface area contributed by atoms with Crippen LogP contribution in [0.5, 0.6) is 5.88 Å². The average molecular weight is 334 g/mol. The first kappa shape index (κ1) is 16.5. The number of nitrogens with zero attached hydrogens (tertiary/aromatic N) is 6. The average Bonchev–Trinajstić information content (AvgIpc) is 2.84. The first-order valence-corrected chi connectivity index (χ1v) is 7.76. The Balaban J connectivity index is 1.73. The predicted molar refractivity (Wildman–Crippen MR) is 95.6 cm³/mol. The standard InChI is InChI=1S/C18H18N6O/c1-12-5-4-6-16(11-12)21-19-14-7-9-15(10-8-14)20-22-17-13(2)23-24(3)18(17)25/h4-11,25H,1-3H3/b21-19+,22-20+. The second kappa shape index (κ2) is 7.04. The van der Waals surface area contributed by atoms with E-state index in [0.717, 1.165) is 16.9 Å². The molecule has 3 rings (SSSR count). The zero-order chi connectivity index (χ0) is 17.8. The zero-order valence-electron chi connectivity index (χ0n) is 14.2. The van der Waals surface area contributed by atoms with Gasteiger partial charge in [-0.15, -0.1) is 5.11 Å². The van der Waals surface area contributed by atoms with Crippen LogP contribution >= 0.6 is 0 Å². The molecule has 0 saturated carbocycles. The molecule has 3 aromatic rings. The molecule has 7 heteroatoms. The van der Waals surface area contributed by atoms with Crippen LogP contribution in [-0.2, 0) is 7.05 Å². The van der Waals surface area contributed by atoms with Gasteiger partial charge in [-0.1, -0.05) is 12.1 Å². The van der Waals surface area contributed by atoms with Crippen LogP contribution in [0.3, 0.4) is 0 Å². The van der Waals surface area contributed by atoms with Crippen LogP contribution in [0.1, 0.15) is 11.3 Å². The lowest BCUT2D eigenvalue weighted by Gasteiger charge is -1.96. The molecule has 0 aliphatic carbocycles. The Morgan fingerprint density at radius 2 is 1.44 bits per heavy atom. The number of rotatable bonds is 4. The molecule has 1 aromatic heterocycles. The Labute approximate surface area is 145 Å². The van der Waals surface area contributed by atoms with E-state index in [1.807, 2.05) is 43.3 Å². The minimum atomic E-state index is -0.00942. The lowest BCUT2D eigenvalue weighted by molar-refractivity contribution is 0.420. The van der Waals surface area contributed by atoms with Gasteiger partial charge in [-0.25, -0.2) is 4.68 Å². The number of aromatic nitrogens is 2. The highest BCUT2D eigenvalue weighted by Crippen LogP contribution is 2.31. The van der Waals surface area contributed by atoms with Gasteiger partial charge in [0.25, 0.3) is 0 Å². The Bertz CT molecular complexity index is 941. The van der Waals surface area contributed by atoms with Gasteiger partial charge in [0.15, 0.2) is 5.69 Å². The van der Waals surface area contributed by atoms with Crippen LogP contribution in [0, 0.1) is 13.8 Å². The Hall–Kier alpha value is -3.35.